The number of carbonyl (C=O) groups excluding carboxylic acids is 1. The van der Waals surface area contributed by atoms with E-state index in [0.29, 0.717) is 6.42 Å². The van der Waals surface area contributed by atoms with Crippen molar-refractivity contribution in [2.75, 3.05) is 0 Å². The molecule has 1 atom stereocenters. The molecule has 0 N–H and O–H groups in total. The molecule has 0 aliphatic carbocycles. The van der Waals surface area contributed by atoms with Crippen LogP contribution >= 0.6 is 0 Å². The Kier molecular flexibility index (Phi) is 3.28. The maximum absolute atomic E-state index is 10.9. The molecule has 66 valence electrons. The number of hydrogen-bond donors (Lipinski definition) is 0. The molecule has 1 aromatic carbocycles. The van der Waals surface area contributed by atoms with E-state index in [-0.39, 0.29) is 11.7 Å². The van der Waals surface area contributed by atoms with E-state index in [1.54, 1.807) is 6.92 Å². The molecule has 0 spiro atoms. The quantitative estimate of drug-likeness (QED) is 0.640. The van der Waals surface area contributed by atoms with Gasteiger partial charge in [0.1, 0.15) is 5.78 Å². The zero-order chi connectivity index (χ0) is 9.68. The number of carbonyl (C=O) groups is 1. The standard InChI is InChI=1S/C12H12O/c1-3-11(9-10(2)13)12-7-5-4-6-8-12/h1,4-8,11H,9H2,2H3/t11-/m1/s1. The molecule has 0 aliphatic rings. The van der Waals surface area contributed by atoms with Gasteiger partial charge in [0.2, 0.25) is 0 Å². The summed E-state index contributed by atoms with van der Waals surface area (Å²) < 4.78 is 0. The summed E-state index contributed by atoms with van der Waals surface area (Å²) in [7, 11) is 0. The van der Waals surface area contributed by atoms with Gasteiger partial charge in [-0.3, -0.25) is 4.79 Å². The Labute approximate surface area is 78.8 Å². The summed E-state index contributed by atoms with van der Waals surface area (Å²) in [5.41, 5.74) is 1.04. The predicted octanol–water partition coefficient (Wildman–Crippen LogP) is 2.38. The van der Waals surface area contributed by atoms with E-state index >= 15 is 0 Å². The van der Waals surface area contributed by atoms with E-state index in [0.717, 1.165) is 5.56 Å². The maximum atomic E-state index is 10.9. The van der Waals surface area contributed by atoms with Crippen LogP contribution < -0.4 is 0 Å². The zero-order valence-electron chi connectivity index (χ0n) is 7.66. The van der Waals surface area contributed by atoms with Crippen LogP contribution in [0, 0.1) is 12.3 Å². The lowest BCUT2D eigenvalue weighted by molar-refractivity contribution is -0.117. The molecule has 1 heteroatoms. The van der Waals surface area contributed by atoms with Gasteiger partial charge in [-0.25, -0.2) is 0 Å². The van der Waals surface area contributed by atoms with Crippen molar-refractivity contribution in [1.29, 1.82) is 0 Å². The van der Waals surface area contributed by atoms with Crippen LogP contribution in [0.15, 0.2) is 30.3 Å². The Hall–Kier alpha value is -1.55. The highest BCUT2D eigenvalue weighted by atomic mass is 16.1. The van der Waals surface area contributed by atoms with Crippen LogP contribution in [0.5, 0.6) is 0 Å². The van der Waals surface area contributed by atoms with Gasteiger partial charge in [0, 0.05) is 6.42 Å². The van der Waals surface area contributed by atoms with Crippen molar-refractivity contribution in [3.63, 3.8) is 0 Å². The summed E-state index contributed by atoms with van der Waals surface area (Å²) in [6.07, 6.45) is 5.78. The first-order valence-electron chi connectivity index (χ1n) is 4.24. The van der Waals surface area contributed by atoms with Crippen molar-refractivity contribution < 1.29 is 4.79 Å². The summed E-state index contributed by atoms with van der Waals surface area (Å²) >= 11 is 0. The topological polar surface area (TPSA) is 17.1 Å². The van der Waals surface area contributed by atoms with Crippen molar-refractivity contribution in [2.24, 2.45) is 0 Å². The molecule has 0 heterocycles. The second-order valence-corrected chi connectivity index (χ2v) is 3.04. The molecule has 0 amide bonds. The third-order valence-corrected chi connectivity index (χ3v) is 1.89. The van der Waals surface area contributed by atoms with Gasteiger partial charge in [0.05, 0.1) is 5.92 Å². The minimum atomic E-state index is -0.0706. The molecule has 0 radical (unpaired) electrons. The van der Waals surface area contributed by atoms with E-state index in [1.807, 2.05) is 30.3 Å². The maximum Gasteiger partial charge on any atom is 0.131 e. The van der Waals surface area contributed by atoms with Crippen LogP contribution in [0.4, 0.5) is 0 Å². The molecule has 0 fully saturated rings. The van der Waals surface area contributed by atoms with E-state index < -0.39 is 0 Å². The molecule has 0 aromatic heterocycles. The molecule has 0 bridgehead atoms. The predicted molar refractivity (Wildman–Crippen MR) is 53.3 cm³/mol. The van der Waals surface area contributed by atoms with Crippen LogP contribution in [0.2, 0.25) is 0 Å². The second kappa shape index (κ2) is 4.47. The molecular formula is C12H12O. The van der Waals surface area contributed by atoms with Crippen molar-refractivity contribution in [2.45, 2.75) is 19.3 Å². The first-order valence-corrected chi connectivity index (χ1v) is 4.24. The number of hydrogen-bond acceptors (Lipinski definition) is 1. The molecular weight excluding hydrogens is 160 g/mol. The second-order valence-electron chi connectivity index (χ2n) is 3.04. The number of rotatable bonds is 3. The fourth-order valence-electron chi connectivity index (χ4n) is 1.25. The largest absolute Gasteiger partial charge is 0.300 e. The molecule has 0 unspecified atom stereocenters. The summed E-state index contributed by atoms with van der Waals surface area (Å²) in [6, 6.07) is 9.70. The first-order chi connectivity index (χ1) is 6.24. The minimum Gasteiger partial charge on any atom is -0.300 e. The molecule has 13 heavy (non-hydrogen) atoms. The summed E-state index contributed by atoms with van der Waals surface area (Å²) in [5, 5.41) is 0. The van der Waals surface area contributed by atoms with E-state index in [9.17, 15) is 4.79 Å². The number of terminal acetylenes is 1. The van der Waals surface area contributed by atoms with E-state index in [2.05, 4.69) is 5.92 Å². The molecule has 0 saturated carbocycles. The Morgan fingerprint density at radius 1 is 1.46 bits per heavy atom. The number of Topliss-reactive ketones (excluding diaryl/α,β-unsaturated/α-hetero) is 1. The Morgan fingerprint density at radius 3 is 2.54 bits per heavy atom. The SMILES string of the molecule is C#C[C@H](CC(C)=O)c1ccccc1. The summed E-state index contributed by atoms with van der Waals surface area (Å²) in [6.45, 7) is 1.56. The van der Waals surface area contributed by atoms with Crippen molar-refractivity contribution in [3.05, 3.63) is 35.9 Å². The lowest BCUT2D eigenvalue weighted by Crippen LogP contribution is -2.01. The lowest BCUT2D eigenvalue weighted by Gasteiger charge is -2.07. The average Bonchev–Trinajstić information content (AvgIpc) is 2.15. The highest BCUT2D eigenvalue weighted by molar-refractivity contribution is 5.77. The van der Waals surface area contributed by atoms with E-state index in [1.165, 1.54) is 0 Å². The van der Waals surface area contributed by atoms with Crippen molar-refractivity contribution in [3.8, 4) is 12.3 Å². The van der Waals surface area contributed by atoms with Gasteiger partial charge < -0.3 is 0 Å². The van der Waals surface area contributed by atoms with Crippen LogP contribution in [0.3, 0.4) is 0 Å². The fourth-order valence-corrected chi connectivity index (χ4v) is 1.25. The van der Waals surface area contributed by atoms with Gasteiger partial charge in [0.25, 0.3) is 0 Å². The van der Waals surface area contributed by atoms with Crippen LogP contribution in [-0.4, -0.2) is 5.78 Å². The number of ketones is 1. The highest BCUT2D eigenvalue weighted by Crippen LogP contribution is 2.18. The van der Waals surface area contributed by atoms with Crippen molar-refractivity contribution in [1.82, 2.24) is 0 Å². The number of benzene rings is 1. The van der Waals surface area contributed by atoms with E-state index in [4.69, 9.17) is 6.42 Å². The van der Waals surface area contributed by atoms with Gasteiger partial charge in [-0.05, 0) is 12.5 Å². The van der Waals surface area contributed by atoms with Gasteiger partial charge in [-0.15, -0.1) is 6.42 Å². The van der Waals surface area contributed by atoms with Crippen molar-refractivity contribution >= 4 is 5.78 Å². The monoisotopic (exact) mass is 172 g/mol. The third-order valence-electron chi connectivity index (χ3n) is 1.89. The van der Waals surface area contributed by atoms with Gasteiger partial charge in [-0.2, -0.15) is 0 Å². The Balaban J connectivity index is 2.80. The molecule has 0 saturated heterocycles. The van der Waals surface area contributed by atoms with Gasteiger partial charge >= 0.3 is 0 Å². The molecule has 1 nitrogen and oxygen atoms in total. The summed E-state index contributed by atoms with van der Waals surface area (Å²) in [4.78, 5) is 10.9. The van der Waals surface area contributed by atoms with Gasteiger partial charge in [-0.1, -0.05) is 36.3 Å². The normalized spacial score (nSPS) is 11.7. The molecule has 0 aliphatic heterocycles. The van der Waals surface area contributed by atoms with Crippen LogP contribution in [0.1, 0.15) is 24.8 Å². The highest BCUT2D eigenvalue weighted by Gasteiger charge is 2.09. The smallest absolute Gasteiger partial charge is 0.131 e. The zero-order valence-corrected chi connectivity index (χ0v) is 7.66. The first kappa shape index (κ1) is 9.54. The Morgan fingerprint density at radius 2 is 2.08 bits per heavy atom. The molecule has 1 aromatic rings. The minimum absolute atomic E-state index is 0.0706. The van der Waals surface area contributed by atoms with Crippen LogP contribution in [0.25, 0.3) is 0 Å². The average molecular weight is 172 g/mol. The van der Waals surface area contributed by atoms with Crippen LogP contribution in [-0.2, 0) is 4.79 Å². The fraction of sp³-hybridized carbons (Fsp3) is 0.250. The summed E-state index contributed by atoms with van der Waals surface area (Å²) in [5.74, 6) is 2.69. The van der Waals surface area contributed by atoms with Gasteiger partial charge in [0.15, 0.2) is 0 Å². The Bertz CT molecular complexity index is 319. The third kappa shape index (κ3) is 2.76. The molecule has 1 rings (SSSR count). The lowest BCUT2D eigenvalue weighted by atomic mass is 9.95.